The van der Waals surface area contributed by atoms with Crippen LogP contribution in [0.5, 0.6) is 0 Å². The minimum Gasteiger partial charge on any atom is -0.387 e. The molecule has 0 radical (unpaired) electrons. The Morgan fingerprint density at radius 1 is 1.39 bits per heavy atom. The Morgan fingerprint density at radius 3 is 3.00 bits per heavy atom. The van der Waals surface area contributed by atoms with Gasteiger partial charge in [0.2, 0.25) is 0 Å². The quantitative estimate of drug-likeness (QED) is 0.728. The molecule has 0 amide bonds. The molecule has 2 N–H and O–H groups in total. The van der Waals surface area contributed by atoms with Crippen molar-refractivity contribution in [3.63, 3.8) is 0 Å². The molecule has 5 unspecified atom stereocenters. The predicted octanol–water partition coefficient (Wildman–Crippen LogP) is 2.99. The lowest BCUT2D eigenvalue weighted by atomic mass is 9.93. The average molecular weight is 459 g/mol. The van der Waals surface area contributed by atoms with Gasteiger partial charge in [0.15, 0.2) is 0 Å². The lowest BCUT2D eigenvalue weighted by Gasteiger charge is -2.50. The predicted molar refractivity (Wildman–Crippen MR) is 109 cm³/mol. The summed E-state index contributed by atoms with van der Waals surface area (Å²) in [6, 6.07) is -0.356. The topological polar surface area (TPSA) is 81.4 Å². The van der Waals surface area contributed by atoms with E-state index in [1.165, 1.54) is 23.1 Å². The largest absolute Gasteiger partial charge is 0.387 e. The maximum Gasteiger partial charge on any atom is 0.140 e. The molecule has 11 heteroatoms. The summed E-state index contributed by atoms with van der Waals surface area (Å²) >= 11 is 14.9. The molecule has 2 saturated heterocycles. The third kappa shape index (κ3) is 3.49. The number of thioether (sulfide) groups is 1. The number of aromatic nitrogens is 3. The van der Waals surface area contributed by atoms with Crippen LogP contribution in [0.15, 0.2) is 40.0 Å². The van der Waals surface area contributed by atoms with Crippen LogP contribution >= 0.6 is 46.3 Å². The van der Waals surface area contributed by atoms with Gasteiger partial charge in [-0.05, 0) is 6.08 Å². The van der Waals surface area contributed by atoms with Crippen LogP contribution in [-0.2, 0) is 9.47 Å². The van der Waals surface area contributed by atoms with Crippen molar-refractivity contribution in [2.75, 3.05) is 13.2 Å². The van der Waals surface area contributed by atoms with Crippen LogP contribution in [-0.4, -0.2) is 56.8 Å². The van der Waals surface area contributed by atoms with Crippen molar-refractivity contribution in [3.8, 4) is 10.6 Å². The van der Waals surface area contributed by atoms with Crippen LogP contribution in [0.1, 0.15) is 6.04 Å². The third-order valence-electron chi connectivity index (χ3n) is 4.79. The highest BCUT2D eigenvalue weighted by atomic mass is 35.5. The summed E-state index contributed by atoms with van der Waals surface area (Å²) in [5, 5.41) is 22.4. The van der Waals surface area contributed by atoms with Crippen LogP contribution in [0.4, 0.5) is 0 Å². The summed E-state index contributed by atoms with van der Waals surface area (Å²) in [5.74, 6) is 0. The fourth-order valence-corrected chi connectivity index (χ4v) is 5.74. The first-order chi connectivity index (χ1) is 13.6. The maximum absolute atomic E-state index is 11.1. The van der Waals surface area contributed by atoms with Gasteiger partial charge in [-0.2, -0.15) is 5.10 Å². The highest BCUT2D eigenvalue weighted by Gasteiger charge is 2.52. The summed E-state index contributed by atoms with van der Waals surface area (Å²) in [6.07, 6.45) is 6.23. The van der Waals surface area contributed by atoms with Gasteiger partial charge in [0, 0.05) is 33.3 Å². The average Bonchev–Trinajstić information content (AvgIpc) is 3.29. The molecule has 0 bridgehead atoms. The van der Waals surface area contributed by atoms with Gasteiger partial charge in [0.25, 0.3) is 0 Å². The van der Waals surface area contributed by atoms with E-state index in [-0.39, 0.29) is 18.2 Å². The van der Waals surface area contributed by atoms with Gasteiger partial charge >= 0.3 is 0 Å². The Kier molecular flexibility index (Phi) is 5.16. The number of hydrogen-bond acceptors (Lipinski definition) is 8. The maximum atomic E-state index is 11.1. The number of halogens is 2. The number of fused-ring (bicyclic) bond motifs is 1. The Morgan fingerprint density at radius 2 is 2.29 bits per heavy atom. The minimum absolute atomic E-state index is 0.0792. The Balaban J connectivity index is 1.39. The molecule has 0 saturated carbocycles. The summed E-state index contributed by atoms with van der Waals surface area (Å²) in [6.45, 7) is 1.12. The van der Waals surface area contributed by atoms with E-state index in [2.05, 4.69) is 15.4 Å². The van der Waals surface area contributed by atoms with Gasteiger partial charge in [-0.15, -0.1) is 11.3 Å². The second kappa shape index (κ2) is 7.64. The van der Waals surface area contributed by atoms with E-state index in [1.54, 1.807) is 16.3 Å². The summed E-state index contributed by atoms with van der Waals surface area (Å²) in [4.78, 5) is 5.19. The Labute approximate surface area is 179 Å². The van der Waals surface area contributed by atoms with Crippen molar-refractivity contribution in [1.82, 2.24) is 20.1 Å². The molecule has 0 aliphatic carbocycles. The van der Waals surface area contributed by atoms with E-state index in [4.69, 9.17) is 32.7 Å². The van der Waals surface area contributed by atoms with E-state index in [0.717, 1.165) is 20.5 Å². The number of aliphatic hydroxyl groups is 1. The number of hydrogen-bond donors (Lipinski definition) is 2. The number of dihydropyridines is 1. The number of thiazole rings is 1. The van der Waals surface area contributed by atoms with E-state index in [1.807, 2.05) is 18.5 Å². The molecule has 3 aliphatic heterocycles. The van der Waals surface area contributed by atoms with Gasteiger partial charge in [0.1, 0.15) is 40.0 Å². The van der Waals surface area contributed by atoms with Crippen molar-refractivity contribution >= 4 is 46.3 Å². The van der Waals surface area contributed by atoms with Gasteiger partial charge in [-0.25, -0.2) is 4.98 Å². The van der Waals surface area contributed by atoms with Crippen molar-refractivity contribution < 1.29 is 14.6 Å². The van der Waals surface area contributed by atoms with E-state index >= 15 is 0 Å². The van der Waals surface area contributed by atoms with E-state index < -0.39 is 11.5 Å². The number of rotatable bonds is 4. The molecule has 0 spiro atoms. The molecule has 28 heavy (non-hydrogen) atoms. The molecule has 2 fully saturated rings. The zero-order valence-electron chi connectivity index (χ0n) is 14.4. The van der Waals surface area contributed by atoms with Crippen LogP contribution < -0.4 is 5.32 Å². The summed E-state index contributed by atoms with van der Waals surface area (Å²) in [5.41, 5.74) is 0.397. The third-order valence-corrected chi connectivity index (χ3v) is 7.38. The van der Waals surface area contributed by atoms with Gasteiger partial charge in [0.05, 0.1) is 19.3 Å². The highest BCUT2D eigenvalue weighted by Crippen LogP contribution is 2.43. The second-order valence-electron chi connectivity index (χ2n) is 6.64. The fraction of sp³-hybridized carbons (Fsp3) is 0.412. The van der Waals surface area contributed by atoms with Crippen molar-refractivity contribution in [3.05, 3.63) is 45.1 Å². The molecule has 7 nitrogen and oxygen atoms in total. The lowest BCUT2D eigenvalue weighted by Crippen LogP contribution is -2.62. The normalized spacial score (nSPS) is 32.0. The van der Waals surface area contributed by atoms with Crippen molar-refractivity contribution in [2.24, 2.45) is 0 Å². The number of nitrogens with one attached hydrogen (secondary N) is 1. The summed E-state index contributed by atoms with van der Waals surface area (Å²) < 4.78 is 13.5. The second-order valence-corrected chi connectivity index (χ2v) is 9.55. The number of aliphatic hydroxyl groups excluding tert-OH is 1. The first-order valence-corrected chi connectivity index (χ1v) is 11.2. The van der Waals surface area contributed by atoms with Gasteiger partial charge in [-0.3, -0.25) is 4.68 Å². The SMILES string of the molecule is OC1C(SC2=CNCC(Cl)=C2)OC2COC2C1n1cc(-c2nc(Cl)cs2)cn1. The molecule has 5 rings (SSSR count). The molecule has 5 heterocycles. The first-order valence-electron chi connectivity index (χ1n) is 8.65. The minimum atomic E-state index is -0.811. The first kappa shape index (κ1) is 18.9. The van der Waals surface area contributed by atoms with Crippen LogP contribution in [0, 0.1) is 0 Å². The molecule has 2 aromatic heterocycles. The molecule has 2 aromatic rings. The van der Waals surface area contributed by atoms with Gasteiger partial charge in [-0.1, -0.05) is 35.0 Å². The smallest absolute Gasteiger partial charge is 0.140 e. The molecule has 148 valence electrons. The fourth-order valence-electron chi connectivity index (χ4n) is 3.43. The molecular weight excluding hydrogens is 443 g/mol. The standard InChI is InChI=1S/C17H16Cl2N4O3S2/c18-9-1-10(4-20-3-9)28-17-14(24)13(15-11(26-17)6-25-15)23-5-8(2-21-23)16-22-12(19)7-27-16/h1-2,4-5,7,11,13-15,17,20,24H,3,6H2. The van der Waals surface area contributed by atoms with Crippen LogP contribution in [0.2, 0.25) is 5.15 Å². The van der Waals surface area contributed by atoms with Crippen molar-refractivity contribution in [2.45, 2.75) is 29.8 Å². The Bertz CT molecular complexity index is 946. The van der Waals surface area contributed by atoms with E-state index in [0.29, 0.717) is 18.3 Å². The van der Waals surface area contributed by atoms with Crippen LogP contribution in [0.25, 0.3) is 10.6 Å². The highest BCUT2D eigenvalue weighted by molar-refractivity contribution is 8.03. The zero-order chi connectivity index (χ0) is 19.3. The Hall–Kier alpha value is -1.07. The lowest BCUT2D eigenvalue weighted by molar-refractivity contribution is -0.266. The van der Waals surface area contributed by atoms with Gasteiger partial charge < -0.3 is 19.9 Å². The van der Waals surface area contributed by atoms with E-state index in [9.17, 15) is 5.11 Å². The molecule has 5 atom stereocenters. The summed E-state index contributed by atoms with van der Waals surface area (Å²) in [7, 11) is 0. The number of ether oxygens (including phenoxy) is 2. The molecular formula is C17H16Cl2N4O3S2. The van der Waals surface area contributed by atoms with Crippen molar-refractivity contribution in [1.29, 1.82) is 0 Å². The number of allylic oxidation sites excluding steroid dienone is 1. The molecule has 0 aromatic carbocycles. The monoisotopic (exact) mass is 458 g/mol. The molecule has 3 aliphatic rings. The number of nitrogens with zero attached hydrogens (tertiary/aromatic N) is 3. The zero-order valence-corrected chi connectivity index (χ0v) is 17.5. The van der Waals surface area contributed by atoms with Crippen LogP contribution in [0.3, 0.4) is 0 Å².